The SMILES string of the molecule is COc1ccc(S(=O)(=O)N2CCCC(CCO)C2)cc1. The van der Waals surface area contributed by atoms with Crippen LogP contribution in [0.15, 0.2) is 29.2 Å². The Bertz CT molecular complexity index is 525. The number of nitrogens with zero attached hydrogens (tertiary/aromatic N) is 1. The lowest BCUT2D eigenvalue weighted by atomic mass is 9.97. The van der Waals surface area contributed by atoms with Crippen molar-refractivity contribution in [3.8, 4) is 5.75 Å². The summed E-state index contributed by atoms with van der Waals surface area (Å²) >= 11 is 0. The molecule has 0 amide bonds. The number of hydrogen-bond donors (Lipinski definition) is 1. The second kappa shape index (κ2) is 6.56. The first-order chi connectivity index (χ1) is 9.57. The predicted molar refractivity (Wildman–Crippen MR) is 76.2 cm³/mol. The van der Waals surface area contributed by atoms with E-state index in [1.807, 2.05) is 0 Å². The Morgan fingerprint density at radius 2 is 2.05 bits per heavy atom. The van der Waals surface area contributed by atoms with Gasteiger partial charge in [0.1, 0.15) is 5.75 Å². The second-order valence-electron chi connectivity index (χ2n) is 5.06. The molecular weight excluding hydrogens is 278 g/mol. The lowest BCUT2D eigenvalue weighted by molar-refractivity contribution is 0.203. The quantitative estimate of drug-likeness (QED) is 0.894. The molecule has 0 radical (unpaired) electrons. The smallest absolute Gasteiger partial charge is 0.243 e. The molecule has 1 heterocycles. The number of hydrogen-bond acceptors (Lipinski definition) is 4. The van der Waals surface area contributed by atoms with E-state index in [2.05, 4.69) is 0 Å². The molecule has 5 nitrogen and oxygen atoms in total. The van der Waals surface area contributed by atoms with E-state index in [-0.39, 0.29) is 12.5 Å². The highest BCUT2D eigenvalue weighted by Gasteiger charge is 2.29. The van der Waals surface area contributed by atoms with Crippen LogP contribution in [0.3, 0.4) is 0 Å². The molecule has 2 rings (SSSR count). The zero-order valence-corrected chi connectivity index (χ0v) is 12.5. The molecular formula is C14H21NO4S. The monoisotopic (exact) mass is 299 g/mol. The number of rotatable bonds is 5. The summed E-state index contributed by atoms with van der Waals surface area (Å²) in [6.07, 6.45) is 2.49. The van der Waals surface area contributed by atoms with Crippen molar-refractivity contribution in [3.05, 3.63) is 24.3 Å². The van der Waals surface area contributed by atoms with Crippen molar-refractivity contribution < 1.29 is 18.3 Å². The van der Waals surface area contributed by atoms with Crippen LogP contribution in [0.5, 0.6) is 5.75 Å². The summed E-state index contributed by atoms with van der Waals surface area (Å²) in [5.74, 6) is 0.891. The van der Waals surface area contributed by atoms with Crippen molar-refractivity contribution in [2.24, 2.45) is 5.92 Å². The van der Waals surface area contributed by atoms with Gasteiger partial charge in [-0.15, -0.1) is 0 Å². The van der Waals surface area contributed by atoms with Gasteiger partial charge in [-0.3, -0.25) is 0 Å². The fourth-order valence-electron chi connectivity index (χ4n) is 2.56. The lowest BCUT2D eigenvalue weighted by Crippen LogP contribution is -2.40. The van der Waals surface area contributed by atoms with Crippen molar-refractivity contribution in [2.45, 2.75) is 24.2 Å². The van der Waals surface area contributed by atoms with Crippen molar-refractivity contribution in [1.29, 1.82) is 0 Å². The molecule has 1 aromatic rings. The number of benzene rings is 1. The van der Waals surface area contributed by atoms with Gasteiger partial charge in [0.15, 0.2) is 0 Å². The van der Waals surface area contributed by atoms with Crippen LogP contribution in [-0.2, 0) is 10.0 Å². The van der Waals surface area contributed by atoms with Gasteiger partial charge in [0.25, 0.3) is 0 Å². The van der Waals surface area contributed by atoms with E-state index < -0.39 is 10.0 Å². The van der Waals surface area contributed by atoms with Gasteiger partial charge in [0, 0.05) is 19.7 Å². The highest BCUT2D eigenvalue weighted by molar-refractivity contribution is 7.89. The average molecular weight is 299 g/mol. The van der Waals surface area contributed by atoms with Crippen LogP contribution in [0, 0.1) is 5.92 Å². The predicted octanol–water partition coefficient (Wildman–Crippen LogP) is 1.48. The molecule has 1 atom stereocenters. The van der Waals surface area contributed by atoms with Crippen LogP contribution in [0.4, 0.5) is 0 Å². The molecule has 112 valence electrons. The summed E-state index contributed by atoms with van der Waals surface area (Å²) in [7, 11) is -1.89. The summed E-state index contributed by atoms with van der Waals surface area (Å²) < 4.78 is 31.7. The third kappa shape index (κ3) is 3.31. The van der Waals surface area contributed by atoms with Crippen LogP contribution in [-0.4, -0.2) is 44.6 Å². The van der Waals surface area contributed by atoms with Crippen molar-refractivity contribution in [1.82, 2.24) is 4.31 Å². The minimum absolute atomic E-state index is 0.112. The van der Waals surface area contributed by atoms with Gasteiger partial charge in [-0.05, 0) is 49.4 Å². The molecule has 1 fully saturated rings. The third-order valence-electron chi connectivity index (χ3n) is 3.72. The molecule has 0 aromatic heterocycles. The number of ether oxygens (including phenoxy) is 1. The Kier molecular flexibility index (Phi) is 5.01. The van der Waals surface area contributed by atoms with E-state index in [0.29, 0.717) is 30.2 Å². The molecule has 1 aromatic carbocycles. The zero-order chi connectivity index (χ0) is 14.6. The zero-order valence-electron chi connectivity index (χ0n) is 11.7. The molecule has 0 aliphatic carbocycles. The first kappa shape index (κ1) is 15.3. The van der Waals surface area contributed by atoms with Crippen LogP contribution in [0.2, 0.25) is 0 Å². The van der Waals surface area contributed by atoms with Gasteiger partial charge in [-0.2, -0.15) is 4.31 Å². The van der Waals surface area contributed by atoms with Gasteiger partial charge < -0.3 is 9.84 Å². The van der Waals surface area contributed by atoms with Gasteiger partial charge >= 0.3 is 0 Å². The number of sulfonamides is 1. The van der Waals surface area contributed by atoms with Crippen LogP contribution in [0.1, 0.15) is 19.3 Å². The van der Waals surface area contributed by atoms with E-state index >= 15 is 0 Å². The largest absolute Gasteiger partial charge is 0.497 e. The van der Waals surface area contributed by atoms with E-state index in [4.69, 9.17) is 9.84 Å². The lowest BCUT2D eigenvalue weighted by Gasteiger charge is -2.31. The van der Waals surface area contributed by atoms with E-state index in [0.717, 1.165) is 12.8 Å². The van der Waals surface area contributed by atoms with Crippen molar-refractivity contribution in [3.63, 3.8) is 0 Å². The highest BCUT2D eigenvalue weighted by atomic mass is 32.2. The first-order valence-corrected chi connectivity index (χ1v) is 8.27. The Hall–Kier alpha value is -1.11. The number of piperidine rings is 1. The summed E-state index contributed by atoms with van der Waals surface area (Å²) in [6, 6.07) is 6.46. The van der Waals surface area contributed by atoms with E-state index in [9.17, 15) is 8.42 Å². The molecule has 1 saturated heterocycles. The standard InChI is InChI=1S/C14H21NO4S/c1-19-13-4-6-14(7-5-13)20(17,18)15-9-2-3-12(11-15)8-10-16/h4-7,12,16H,2-3,8-11H2,1H3. The van der Waals surface area contributed by atoms with E-state index in [1.165, 1.54) is 4.31 Å². The number of aliphatic hydroxyl groups excluding tert-OH is 1. The molecule has 6 heteroatoms. The molecule has 1 aliphatic heterocycles. The minimum atomic E-state index is -3.44. The molecule has 0 bridgehead atoms. The van der Waals surface area contributed by atoms with Crippen molar-refractivity contribution in [2.75, 3.05) is 26.8 Å². The Labute approximate surface area is 120 Å². The molecule has 0 spiro atoms. The number of methoxy groups -OCH3 is 1. The summed E-state index contributed by atoms with van der Waals surface area (Å²) in [6.45, 7) is 1.16. The first-order valence-electron chi connectivity index (χ1n) is 6.83. The molecule has 1 unspecified atom stereocenters. The maximum Gasteiger partial charge on any atom is 0.243 e. The minimum Gasteiger partial charge on any atom is -0.497 e. The number of aliphatic hydroxyl groups is 1. The highest BCUT2D eigenvalue weighted by Crippen LogP contribution is 2.26. The van der Waals surface area contributed by atoms with Crippen LogP contribution < -0.4 is 4.74 Å². The Morgan fingerprint density at radius 1 is 1.35 bits per heavy atom. The van der Waals surface area contributed by atoms with Gasteiger partial charge in [-0.1, -0.05) is 0 Å². The third-order valence-corrected chi connectivity index (χ3v) is 5.60. The normalized spacial score (nSPS) is 20.8. The summed E-state index contributed by atoms with van der Waals surface area (Å²) in [4.78, 5) is 0.294. The fourth-order valence-corrected chi connectivity index (χ4v) is 4.11. The Morgan fingerprint density at radius 3 is 2.65 bits per heavy atom. The summed E-state index contributed by atoms with van der Waals surface area (Å²) in [5, 5.41) is 9.00. The van der Waals surface area contributed by atoms with Crippen LogP contribution in [0.25, 0.3) is 0 Å². The maximum atomic E-state index is 12.6. The molecule has 0 saturated carbocycles. The molecule has 20 heavy (non-hydrogen) atoms. The maximum absolute atomic E-state index is 12.6. The molecule has 1 aliphatic rings. The molecule has 1 N–H and O–H groups in total. The fraction of sp³-hybridized carbons (Fsp3) is 0.571. The van der Waals surface area contributed by atoms with Crippen molar-refractivity contribution >= 4 is 10.0 Å². The topological polar surface area (TPSA) is 66.8 Å². The average Bonchev–Trinajstić information content (AvgIpc) is 2.48. The second-order valence-corrected chi connectivity index (χ2v) is 7.00. The Balaban J connectivity index is 2.16. The van der Waals surface area contributed by atoms with Gasteiger partial charge in [0.2, 0.25) is 10.0 Å². The van der Waals surface area contributed by atoms with Gasteiger partial charge in [-0.25, -0.2) is 8.42 Å². The van der Waals surface area contributed by atoms with E-state index in [1.54, 1.807) is 31.4 Å². The van der Waals surface area contributed by atoms with Gasteiger partial charge in [0.05, 0.1) is 12.0 Å². The summed E-state index contributed by atoms with van der Waals surface area (Å²) in [5.41, 5.74) is 0. The van der Waals surface area contributed by atoms with Crippen LogP contribution >= 0.6 is 0 Å².